The quantitative estimate of drug-likeness (QED) is 0.819. The summed E-state index contributed by atoms with van der Waals surface area (Å²) < 4.78 is 60.1. The Kier molecular flexibility index (Phi) is 4.57. The largest absolute Gasteiger partial charge is 0.396 e. The van der Waals surface area contributed by atoms with E-state index in [9.17, 15) is 21.2 Å². The molecule has 0 aliphatic rings. The molecule has 0 spiro atoms. The topological polar surface area (TPSA) is 94.3 Å². The van der Waals surface area contributed by atoms with E-state index < -0.39 is 42.2 Å². The lowest BCUT2D eigenvalue weighted by molar-refractivity contribution is 0.581. The first kappa shape index (κ1) is 15.9. The molecule has 0 radical (unpaired) electrons. The molecule has 19 heavy (non-hydrogen) atoms. The first-order chi connectivity index (χ1) is 8.56. The molecule has 5 nitrogen and oxygen atoms in total. The highest BCUT2D eigenvalue weighted by atomic mass is 32.2. The molecule has 0 bridgehead atoms. The van der Waals surface area contributed by atoms with Crippen molar-refractivity contribution in [3.8, 4) is 0 Å². The van der Waals surface area contributed by atoms with E-state index in [1.54, 1.807) is 0 Å². The van der Waals surface area contributed by atoms with Crippen molar-refractivity contribution in [2.24, 2.45) is 0 Å². The Hall–Kier alpha value is -1.15. The van der Waals surface area contributed by atoms with E-state index in [1.165, 1.54) is 13.8 Å². The summed E-state index contributed by atoms with van der Waals surface area (Å²) >= 11 is 0. The lowest BCUT2D eigenvalue weighted by Crippen LogP contribution is -2.23. The summed E-state index contributed by atoms with van der Waals surface area (Å²) in [6.07, 6.45) is 0. The van der Waals surface area contributed by atoms with E-state index in [4.69, 9.17) is 5.73 Å². The van der Waals surface area contributed by atoms with Crippen LogP contribution in [-0.4, -0.2) is 33.6 Å². The van der Waals surface area contributed by atoms with Crippen molar-refractivity contribution >= 4 is 25.4 Å². The van der Waals surface area contributed by atoms with Crippen LogP contribution in [0.2, 0.25) is 0 Å². The predicted molar refractivity (Wildman–Crippen MR) is 71.8 cm³/mol. The van der Waals surface area contributed by atoms with Crippen LogP contribution in [0.3, 0.4) is 0 Å². The van der Waals surface area contributed by atoms with Crippen LogP contribution >= 0.6 is 0 Å². The molecule has 1 aromatic rings. The van der Waals surface area contributed by atoms with E-state index >= 15 is 0 Å². The van der Waals surface area contributed by atoms with E-state index in [-0.39, 0.29) is 10.6 Å². The van der Waals surface area contributed by atoms with Crippen molar-refractivity contribution in [1.82, 2.24) is 0 Å². The lowest BCUT2D eigenvalue weighted by atomic mass is 10.3. The molecular weight excluding hydrogens is 293 g/mol. The number of sulfone groups is 2. The first-order valence-electron chi connectivity index (χ1n) is 5.55. The normalized spacial score (nSPS) is 12.8. The molecule has 0 aliphatic heterocycles. The van der Waals surface area contributed by atoms with Gasteiger partial charge in [-0.2, -0.15) is 0 Å². The van der Waals surface area contributed by atoms with Crippen molar-refractivity contribution in [1.29, 1.82) is 0 Å². The first-order valence-corrected chi connectivity index (χ1v) is 8.92. The summed E-state index contributed by atoms with van der Waals surface area (Å²) in [5, 5.41) is -0.647. The maximum absolute atomic E-state index is 13.2. The monoisotopic (exact) mass is 309 g/mol. The third-order valence-electron chi connectivity index (χ3n) is 2.69. The molecule has 2 N–H and O–H groups in total. The van der Waals surface area contributed by atoms with Gasteiger partial charge in [-0.3, -0.25) is 0 Å². The summed E-state index contributed by atoms with van der Waals surface area (Å²) in [6.45, 7) is 2.95. The fourth-order valence-electron chi connectivity index (χ4n) is 1.28. The smallest absolute Gasteiger partial charge is 0.179 e. The second-order valence-corrected chi connectivity index (χ2v) is 9.20. The molecule has 0 heterocycles. The molecular formula is C11H16FNO4S2. The van der Waals surface area contributed by atoms with Gasteiger partial charge < -0.3 is 5.73 Å². The van der Waals surface area contributed by atoms with Crippen LogP contribution in [0.25, 0.3) is 0 Å². The Balaban J connectivity index is 2.97. The molecule has 0 saturated heterocycles. The lowest BCUT2D eigenvalue weighted by Gasteiger charge is -2.09. The number of benzene rings is 1. The maximum Gasteiger partial charge on any atom is 0.179 e. The maximum atomic E-state index is 13.2. The van der Waals surface area contributed by atoms with Crippen LogP contribution in [0.5, 0.6) is 0 Å². The van der Waals surface area contributed by atoms with Crippen molar-refractivity contribution in [3.63, 3.8) is 0 Å². The second kappa shape index (κ2) is 5.46. The highest BCUT2D eigenvalue weighted by Crippen LogP contribution is 2.18. The zero-order chi connectivity index (χ0) is 14.8. The zero-order valence-corrected chi connectivity index (χ0v) is 12.3. The molecule has 1 rings (SSSR count). The van der Waals surface area contributed by atoms with Gasteiger partial charge in [0.15, 0.2) is 19.7 Å². The summed E-state index contributed by atoms with van der Waals surface area (Å²) in [4.78, 5) is -0.266. The summed E-state index contributed by atoms with van der Waals surface area (Å²) in [5.41, 5.74) is 5.09. The number of hydrogen-bond acceptors (Lipinski definition) is 5. The van der Waals surface area contributed by atoms with Gasteiger partial charge in [0.25, 0.3) is 0 Å². The van der Waals surface area contributed by atoms with Crippen LogP contribution in [-0.2, 0) is 19.7 Å². The van der Waals surface area contributed by atoms with Gasteiger partial charge in [-0.15, -0.1) is 0 Å². The standard InChI is InChI=1S/C11H16FNO4S2/c1-8(2)18(14,15)5-6-19(16,17)9-3-4-11(13)10(12)7-9/h3-4,7-8H,5-6,13H2,1-2H3. The van der Waals surface area contributed by atoms with Crippen LogP contribution in [0.1, 0.15) is 13.8 Å². The van der Waals surface area contributed by atoms with E-state index in [0.717, 1.165) is 18.2 Å². The molecule has 0 atom stereocenters. The fourth-order valence-corrected chi connectivity index (χ4v) is 4.35. The van der Waals surface area contributed by atoms with Crippen LogP contribution in [0, 0.1) is 5.82 Å². The van der Waals surface area contributed by atoms with Crippen molar-refractivity contribution in [3.05, 3.63) is 24.0 Å². The Morgan fingerprint density at radius 3 is 2.21 bits per heavy atom. The predicted octanol–water partition coefficient (Wildman–Crippen LogP) is 1.00. The Labute approximate surface area is 112 Å². The summed E-state index contributed by atoms with van der Waals surface area (Å²) in [7, 11) is -7.30. The third kappa shape index (κ3) is 3.90. The summed E-state index contributed by atoms with van der Waals surface area (Å²) in [6, 6.07) is 3.10. The second-order valence-electron chi connectivity index (χ2n) is 4.42. The van der Waals surface area contributed by atoms with Gasteiger partial charge in [0.2, 0.25) is 0 Å². The number of hydrogen-bond donors (Lipinski definition) is 1. The SMILES string of the molecule is CC(C)S(=O)(=O)CCS(=O)(=O)c1ccc(N)c(F)c1. The van der Waals surface area contributed by atoms with E-state index in [2.05, 4.69) is 0 Å². The minimum Gasteiger partial charge on any atom is -0.396 e. The van der Waals surface area contributed by atoms with Crippen LogP contribution in [0.15, 0.2) is 23.1 Å². The number of nitrogen functional groups attached to an aromatic ring is 1. The molecule has 0 aliphatic carbocycles. The number of nitrogens with two attached hydrogens (primary N) is 1. The van der Waals surface area contributed by atoms with Gasteiger partial charge in [-0.05, 0) is 32.0 Å². The minimum absolute atomic E-state index is 0.159. The molecule has 0 saturated carbocycles. The van der Waals surface area contributed by atoms with Gasteiger partial charge in [0.05, 0.1) is 27.3 Å². The molecule has 1 aromatic carbocycles. The Bertz CT molecular complexity index is 666. The van der Waals surface area contributed by atoms with E-state index in [0.29, 0.717) is 0 Å². The molecule has 8 heteroatoms. The zero-order valence-electron chi connectivity index (χ0n) is 10.6. The van der Waals surface area contributed by atoms with Crippen molar-refractivity contribution in [2.75, 3.05) is 17.2 Å². The summed E-state index contributed by atoms with van der Waals surface area (Å²) in [5.74, 6) is -1.90. The molecule has 0 aromatic heterocycles. The van der Waals surface area contributed by atoms with Gasteiger partial charge in [-0.25, -0.2) is 21.2 Å². The minimum atomic E-state index is -3.84. The number of halogens is 1. The van der Waals surface area contributed by atoms with Gasteiger partial charge in [0, 0.05) is 0 Å². The Morgan fingerprint density at radius 1 is 1.16 bits per heavy atom. The van der Waals surface area contributed by atoms with Crippen molar-refractivity contribution in [2.45, 2.75) is 24.0 Å². The molecule has 0 unspecified atom stereocenters. The fraction of sp³-hybridized carbons (Fsp3) is 0.455. The third-order valence-corrected chi connectivity index (χ3v) is 6.87. The number of rotatable bonds is 5. The van der Waals surface area contributed by atoms with Gasteiger partial charge >= 0.3 is 0 Å². The van der Waals surface area contributed by atoms with Gasteiger partial charge in [0.1, 0.15) is 5.82 Å². The average molecular weight is 309 g/mol. The van der Waals surface area contributed by atoms with Gasteiger partial charge in [-0.1, -0.05) is 0 Å². The molecule has 0 fully saturated rings. The van der Waals surface area contributed by atoms with Crippen LogP contribution < -0.4 is 5.73 Å². The highest BCUT2D eigenvalue weighted by Gasteiger charge is 2.22. The van der Waals surface area contributed by atoms with Crippen molar-refractivity contribution < 1.29 is 21.2 Å². The highest BCUT2D eigenvalue weighted by molar-refractivity contribution is 7.95. The Morgan fingerprint density at radius 2 is 1.74 bits per heavy atom. The average Bonchev–Trinajstić information content (AvgIpc) is 2.30. The molecule has 108 valence electrons. The van der Waals surface area contributed by atoms with E-state index in [1.807, 2.05) is 0 Å². The molecule has 0 amide bonds. The van der Waals surface area contributed by atoms with Crippen LogP contribution in [0.4, 0.5) is 10.1 Å². The number of anilines is 1.